The summed E-state index contributed by atoms with van der Waals surface area (Å²) in [6.07, 6.45) is 3.41. The fraction of sp³-hybridized carbons (Fsp3) is 0.412. The van der Waals surface area contributed by atoms with E-state index in [1.165, 1.54) is 6.08 Å². The summed E-state index contributed by atoms with van der Waals surface area (Å²) < 4.78 is 10.1. The second kappa shape index (κ2) is 8.34. The largest absolute Gasteiger partial charge is 0.463 e. The summed E-state index contributed by atoms with van der Waals surface area (Å²) in [7, 11) is 0. The van der Waals surface area contributed by atoms with Gasteiger partial charge in [-0.1, -0.05) is 24.3 Å². The molecule has 1 heterocycles. The summed E-state index contributed by atoms with van der Waals surface area (Å²) in [5.74, 6) is -0.294. The van der Waals surface area contributed by atoms with Crippen LogP contribution in [0.5, 0.6) is 0 Å². The molecule has 1 aliphatic heterocycles. The van der Waals surface area contributed by atoms with E-state index >= 15 is 0 Å². The first-order chi connectivity index (χ1) is 10.7. The quantitative estimate of drug-likeness (QED) is 0.613. The van der Waals surface area contributed by atoms with Gasteiger partial charge in [-0.15, -0.1) is 0 Å². The number of benzene rings is 1. The van der Waals surface area contributed by atoms with E-state index in [1.54, 1.807) is 13.0 Å². The van der Waals surface area contributed by atoms with Crippen LogP contribution >= 0.6 is 0 Å². The summed E-state index contributed by atoms with van der Waals surface area (Å²) in [5.41, 5.74) is 1.76. The monoisotopic (exact) mass is 303 g/mol. The Hall–Kier alpha value is -2.14. The Bertz CT molecular complexity index is 547. The molecule has 1 aliphatic rings. The van der Waals surface area contributed by atoms with Crippen LogP contribution in [0.25, 0.3) is 6.08 Å². The van der Waals surface area contributed by atoms with Crippen LogP contribution in [-0.2, 0) is 25.5 Å². The Morgan fingerprint density at radius 1 is 1.27 bits per heavy atom. The highest BCUT2D eigenvalue weighted by Gasteiger charge is 2.17. The van der Waals surface area contributed by atoms with Gasteiger partial charge in [0.2, 0.25) is 5.91 Å². The zero-order valence-electron chi connectivity index (χ0n) is 12.8. The van der Waals surface area contributed by atoms with Crippen molar-refractivity contribution in [1.29, 1.82) is 0 Å². The number of esters is 1. The number of ether oxygens (including phenoxy) is 2. The second-order valence-electron chi connectivity index (χ2n) is 4.95. The van der Waals surface area contributed by atoms with E-state index in [1.807, 2.05) is 29.2 Å². The van der Waals surface area contributed by atoms with Crippen molar-refractivity contribution in [3.8, 4) is 0 Å². The fourth-order valence-electron chi connectivity index (χ4n) is 2.29. The molecule has 0 saturated carbocycles. The fourth-order valence-corrected chi connectivity index (χ4v) is 2.29. The smallest absolute Gasteiger partial charge is 0.330 e. The molecule has 0 spiro atoms. The molecule has 0 radical (unpaired) electrons. The van der Waals surface area contributed by atoms with E-state index in [4.69, 9.17) is 9.47 Å². The van der Waals surface area contributed by atoms with Gasteiger partial charge in [0.25, 0.3) is 0 Å². The molecule has 0 aliphatic carbocycles. The molecule has 1 aromatic rings. The van der Waals surface area contributed by atoms with Gasteiger partial charge >= 0.3 is 5.97 Å². The van der Waals surface area contributed by atoms with Gasteiger partial charge < -0.3 is 14.4 Å². The van der Waals surface area contributed by atoms with Crippen molar-refractivity contribution < 1.29 is 19.1 Å². The maximum Gasteiger partial charge on any atom is 0.330 e. The lowest BCUT2D eigenvalue weighted by atomic mass is 10.0. The number of rotatable bonds is 5. The van der Waals surface area contributed by atoms with Crippen molar-refractivity contribution in [2.75, 3.05) is 32.9 Å². The lowest BCUT2D eigenvalue weighted by Crippen LogP contribution is -2.41. The highest BCUT2D eigenvalue weighted by Crippen LogP contribution is 2.13. The molecule has 0 unspecified atom stereocenters. The molecular weight excluding hydrogens is 282 g/mol. The molecule has 5 nitrogen and oxygen atoms in total. The third-order valence-electron chi connectivity index (χ3n) is 3.45. The number of carbonyl (C=O) groups is 2. The SMILES string of the molecule is CCOC(=O)/C=C/c1ccccc1CC(=O)N1CCOCC1. The molecule has 0 atom stereocenters. The van der Waals surface area contributed by atoms with Crippen molar-refractivity contribution in [2.24, 2.45) is 0 Å². The maximum absolute atomic E-state index is 12.3. The topological polar surface area (TPSA) is 55.8 Å². The second-order valence-corrected chi connectivity index (χ2v) is 4.95. The third kappa shape index (κ3) is 4.70. The molecular formula is C17H21NO4. The number of hydrogen-bond acceptors (Lipinski definition) is 4. The van der Waals surface area contributed by atoms with E-state index in [0.717, 1.165) is 11.1 Å². The summed E-state index contributed by atoms with van der Waals surface area (Å²) in [6, 6.07) is 7.57. The van der Waals surface area contributed by atoms with Crippen molar-refractivity contribution >= 4 is 18.0 Å². The van der Waals surface area contributed by atoms with Crippen LogP contribution in [0.4, 0.5) is 0 Å². The van der Waals surface area contributed by atoms with Crippen LogP contribution in [-0.4, -0.2) is 49.7 Å². The van der Waals surface area contributed by atoms with Crippen molar-refractivity contribution in [3.05, 3.63) is 41.5 Å². The van der Waals surface area contributed by atoms with Crippen molar-refractivity contribution in [2.45, 2.75) is 13.3 Å². The number of nitrogens with zero attached hydrogens (tertiary/aromatic N) is 1. The van der Waals surface area contributed by atoms with Gasteiger partial charge in [-0.05, 0) is 24.1 Å². The van der Waals surface area contributed by atoms with Crippen LogP contribution < -0.4 is 0 Å². The zero-order chi connectivity index (χ0) is 15.8. The molecule has 1 saturated heterocycles. The van der Waals surface area contributed by atoms with Crippen LogP contribution in [0.3, 0.4) is 0 Å². The van der Waals surface area contributed by atoms with Crippen molar-refractivity contribution in [3.63, 3.8) is 0 Å². The van der Waals surface area contributed by atoms with E-state index in [9.17, 15) is 9.59 Å². The minimum absolute atomic E-state index is 0.0836. The third-order valence-corrected chi connectivity index (χ3v) is 3.45. The van der Waals surface area contributed by atoms with Gasteiger partial charge in [0.1, 0.15) is 0 Å². The van der Waals surface area contributed by atoms with E-state index < -0.39 is 0 Å². The highest BCUT2D eigenvalue weighted by atomic mass is 16.5. The Kier molecular flexibility index (Phi) is 6.15. The van der Waals surface area contributed by atoms with Gasteiger partial charge in [-0.25, -0.2) is 4.79 Å². The van der Waals surface area contributed by atoms with Crippen molar-refractivity contribution in [1.82, 2.24) is 4.90 Å². The van der Waals surface area contributed by atoms with Crippen LogP contribution in [0.2, 0.25) is 0 Å². The predicted octanol–water partition coefficient (Wildman–Crippen LogP) is 1.66. The number of amides is 1. The van der Waals surface area contributed by atoms with E-state index in [0.29, 0.717) is 39.3 Å². The first kappa shape index (κ1) is 16.2. The average molecular weight is 303 g/mol. The minimum atomic E-state index is -0.378. The molecule has 0 bridgehead atoms. The Morgan fingerprint density at radius 2 is 2.00 bits per heavy atom. The molecule has 5 heteroatoms. The molecule has 2 rings (SSSR count). The molecule has 1 aromatic carbocycles. The molecule has 118 valence electrons. The van der Waals surface area contributed by atoms with E-state index in [-0.39, 0.29) is 11.9 Å². The summed E-state index contributed by atoms with van der Waals surface area (Å²) in [4.78, 5) is 25.5. The first-order valence-electron chi connectivity index (χ1n) is 7.49. The summed E-state index contributed by atoms with van der Waals surface area (Å²) in [6.45, 7) is 4.58. The lowest BCUT2D eigenvalue weighted by molar-refractivity contribution is -0.137. The van der Waals surface area contributed by atoms with Gasteiger partial charge in [-0.3, -0.25) is 4.79 Å². The van der Waals surface area contributed by atoms with Crippen LogP contribution in [0.15, 0.2) is 30.3 Å². The minimum Gasteiger partial charge on any atom is -0.463 e. The Balaban J connectivity index is 2.04. The van der Waals surface area contributed by atoms with Gasteiger partial charge in [0.05, 0.1) is 26.2 Å². The number of hydrogen-bond donors (Lipinski definition) is 0. The van der Waals surface area contributed by atoms with E-state index in [2.05, 4.69) is 0 Å². The maximum atomic E-state index is 12.3. The molecule has 0 N–H and O–H groups in total. The first-order valence-corrected chi connectivity index (χ1v) is 7.49. The van der Waals surface area contributed by atoms with Gasteiger partial charge in [0, 0.05) is 19.2 Å². The van der Waals surface area contributed by atoms with Gasteiger partial charge in [0.15, 0.2) is 0 Å². The standard InChI is InChI=1S/C17H21NO4/c1-2-22-17(20)8-7-14-5-3-4-6-15(14)13-16(19)18-9-11-21-12-10-18/h3-8H,2,9-13H2,1H3/b8-7+. The van der Waals surface area contributed by atoms with Gasteiger partial charge in [-0.2, -0.15) is 0 Å². The summed E-state index contributed by atoms with van der Waals surface area (Å²) >= 11 is 0. The number of carbonyl (C=O) groups excluding carboxylic acids is 2. The number of morpholine rings is 1. The predicted molar refractivity (Wildman–Crippen MR) is 83.2 cm³/mol. The molecule has 1 fully saturated rings. The summed E-state index contributed by atoms with van der Waals surface area (Å²) in [5, 5.41) is 0. The Morgan fingerprint density at radius 3 is 2.73 bits per heavy atom. The lowest BCUT2D eigenvalue weighted by Gasteiger charge is -2.27. The van der Waals surface area contributed by atoms with Crippen LogP contribution in [0.1, 0.15) is 18.1 Å². The molecule has 22 heavy (non-hydrogen) atoms. The van der Waals surface area contributed by atoms with Crippen LogP contribution in [0, 0.1) is 0 Å². The Labute approximate surface area is 130 Å². The highest BCUT2D eigenvalue weighted by molar-refractivity contribution is 5.88. The molecule has 1 amide bonds. The normalized spacial score (nSPS) is 15.0. The zero-order valence-corrected chi connectivity index (χ0v) is 12.8. The average Bonchev–Trinajstić information content (AvgIpc) is 2.55. The molecule has 0 aromatic heterocycles.